The SMILES string of the molecule is OC1CCN2CCCN3CCN(CCC2)CCN1CC3. The van der Waals surface area contributed by atoms with Gasteiger partial charge < -0.3 is 19.8 Å². The average molecular weight is 282 g/mol. The molecule has 0 aliphatic carbocycles. The minimum absolute atomic E-state index is 0.254. The van der Waals surface area contributed by atoms with Crippen molar-refractivity contribution in [3.63, 3.8) is 0 Å². The van der Waals surface area contributed by atoms with Gasteiger partial charge in [-0.3, -0.25) is 4.90 Å². The zero-order chi connectivity index (χ0) is 13.8. The second-order valence-corrected chi connectivity index (χ2v) is 6.54. The zero-order valence-electron chi connectivity index (χ0n) is 12.7. The van der Waals surface area contributed by atoms with Gasteiger partial charge in [0.1, 0.15) is 6.23 Å². The first-order valence-corrected chi connectivity index (χ1v) is 8.40. The van der Waals surface area contributed by atoms with E-state index in [-0.39, 0.29) is 6.23 Å². The third-order valence-electron chi connectivity index (χ3n) is 5.16. The van der Waals surface area contributed by atoms with Gasteiger partial charge in [0, 0.05) is 45.8 Å². The molecule has 4 aliphatic heterocycles. The molecule has 0 spiro atoms. The van der Waals surface area contributed by atoms with Crippen molar-refractivity contribution >= 4 is 0 Å². The van der Waals surface area contributed by atoms with Crippen LogP contribution in [-0.4, -0.2) is 103 Å². The number of aliphatic hydroxyl groups excluding tert-OH is 1. The van der Waals surface area contributed by atoms with Gasteiger partial charge in [0.15, 0.2) is 0 Å². The highest BCUT2D eigenvalue weighted by atomic mass is 16.3. The average Bonchev–Trinajstić information content (AvgIpc) is 2.48. The third-order valence-corrected chi connectivity index (χ3v) is 5.16. The Labute approximate surface area is 123 Å². The first-order valence-electron chi connectivity index (χ1n) is 8.40. The minimum Gasteiger partial charge on any atom is -0.378 e. The summed E-state index contributed by atoms with van der Waals surface area (Å²) in [6.07, 6.45) is 3.20. The summed E-state index contributed by atoms with van der Waals surface area (Å²) in [4.78, 5) is 10.1. The van der Waals surface area contributed by atoms with Crippen LogP contribution < -0.4 is 0 Å². The van der Waals surface area contributed by atoms with Crippen molar-refractivity contribution in [2.75, 3.05) is 72.0 Å². The number of aliphatic hydroxyl groups is 1. The van der Waals surface area contributed by atoms with Crippen molar-refractivity contribution in [1.29, 1.82) is 0 Å². The second-order valence-electron chi connectivity index (χ2n) is 6.54. The quantitative estimate of drug-likeness (QED) is 0.661. The van der Waals surface area contributed by atoms with E-state index in [9.17, 15) is 5.11 Å². The number of fused-ring (bicyclic) bond motifs is 9. The lowest BCUT2D eigenvalue weighted by Gasteiger charge is -2.29. The molecule has 5 heteroatoms. The van der Waals surface area contributed by atoms with Crippen molar-refractivity contribution < 1.29 is 5.11 Å². The molecule has 0 aromatic rings. The summed E-state index contributed by atoms with van der Waals surface area (Å²) >= 11 is 0. The largest absolute Gasteiger partial charge is 0.378 e. The monoisotopic (exact) mass is 282 g/mol. The molecule has 0 radical (unpaired) electrons. The molecule has 116 valence electrons. The summed E-state index contributed by atoms with van der Waals surface area (Å²) in [6.45, 7) is 12.6. The summed E-state index contributed by atoms with van der Waals surface area (Å²) < 4.78 is 0. The predicted molar refractivity (Wildman–Crippen MR) is 80.8 cm³/mol. The summed E-state index contributed by atoms with van der Waals surface area (Å²) in [5, 5.41) is 10.5. The Kier molecular flexibility index (Phi) is 5.29. The molecule has 0 amide bonds. The summed E-state index contributed by atoms with van der Waals surface area (Å²) in [6, 6.07) is 0. The van der Waals surface area contributed by atoms with Crippen molar-refractivity contribution in [1.82, 2.24) is 19.6 Å². The van der Waals surface area contributed by atoms with Gasteiger partial charge in [0.05, 0.1) is 0 Å². The topological polar surface area (TPSA) is 33.2 Å². The molecule has 4 fully saturated rings. The summed E-state index contributed by atoms with van der Waals surface area (Å²) in [5.74, 6) is 0. The van der Waals surface area contributed by atoms with Gasteiger partial charge in [0.25, 0.3) is 0 Å². The van der Waals surface area contributed by atoms with Gasteiger partial charge in [0.2, 0.25) is 0 Å². The van der Waals surface area contributed by atoms with Gasteiger partial charge >= 0.3 is 0 Å². The molecule has 0 aromatic heterocycles. The van der Waals surface area contributed by atoms with Crippen molar-refractivity contribution in [3.8, 4) is 0 Å². The summed E-state index contributed by atoms with van der Waals surface area (Å²) in [5.41, 5.74) is 0. The van der Waals surface area contributed by atoms with E-state index in [4.69, 9.17) is 0 Å². The Balaban J connectivity index is 1.81. The van der Waals surface area contributed by atoms with Gasteiger partial charge in [-0.25, -0.2) is 0 Å². The van der Waals surface area contributed by atoms with Crippen LogP contribution in [0.25, 0.3) is 0 Å². The molecule has 3 unspecified atom stereocenters. The molecule has 4 heterocycles. The van der Waals surface area contributed by atoms with E-state index in [0.29, 0.717) is 0 Å². The fourth-order valence-corrected chi connectivity index (χ4v) is 3.76. The molecule has 4 saturated heterocycles. The normalized spacial score (nSPS) is 44.0. The van der Waals surface area contributed by atoms with Crippen LogP contribution in [-0.2, 0) is 0 Å². The van der Waals surface area contributed by atoms with E-state index in [0.717, 1.165) is 39.1 Å². The van der Waals surface area contributed by atoms with Crippen LogP contribution in [0.5, 0.6) is 0 Å². The molecule has 3 atom stereocenters. The maximum atomic E-state index is 10.5. The van der Waals surface area contributed by atoms with Crippen LogP contribution >= 0.6 is 0 Å². The van der Waals surface area contributed by atoms with E-state index in [1.165, 1.54) is 52.1 Å². The highest BCUT2D eigenvalue weighted by molar-refractivity contribution is 4.77. The van der Waals surface area contributed by atoms with Gasteiger partial charge in [-0.05, 0) is 45.4 Å². The van der Waals surface area contributed by atoms with Crippen molar-refractivity contribution in [3.05, 3.63) is 0 Å². The summed E-state index contributed by atoms with van der Waals surface area (Å²) in [7, 11) is 0. The van der Waals surface area contributed by atoms with Gasteiger partial charge in [-0.2, -0.15) is 0 Å². The van der Waals surface area contributed by atoms with E-state index in [1.807, 2.05) is 0 Å². The van der Waals surface area contributed by atoms with Gasteiger partial charge in [-0.1, -0.05) is 0 Å². The molecule has 20 heavy (non-hydrogen) atoms. The molecule has 5 nitrogen and oxygen atoms in total. The Morgan fingerprint density at radius 2 is 1.00 bits per heavy atom. The lowest BCUT2D eigenvalue weighted by molar-refractivity contribution is -0.0102. The van der Waals surface area contributed by atoms with E-state index < -0.39 is 0 Å². The standard InChI is InChI=1S/C15H30N4O/c20-15-3-8-16-4-1-6-17-9-10-18(7-2-5-16)12-14-19(15)13-11-17/h15,20H,1-14H2. The molecule has 4 aliphatic rings. The first-order chi connectivity index (χ1) is 9.81. The lowest BCUT2D eigenvalue weighted by Crippen LogP contribution is -2.43. The molecule has 0 saturated carbocycles. The highest BCUT2D eigenvalue weighted by Gasteiger charge is 2.23. The Morgan fingerprint density at radius 1 is 0.550 bits per heavy atom. The zero-order valence-corrected chi connectivity index (χ0v) is 12.7. The van der Waals surface area contributed by atoms with Crippen LogP contribution in [0.15, 0.2) is 0 Å². The van der Waals surface area contributed by atoms with Crippen LogP contribution in [0.3, 0.4) is 0 Å². The first kappa shape index (κ1) is 14.7. The van der Waals surface area contributed by atoms with Crippen LogP contribution in [0, 0.1) is 0 Å². The molecule has 4 rings (SSSR count). The minimum atomic E-state index is -0.254. The molecule has 4 bridgehead atoms. The number of hydrogen-bond acceptors (Lipinski definition) is 5. The predicted octanol–water partition coefficient (Wildman–Crippen LogP) is -0.276. The maximum absolute atomic E-state index is 10.5. The maximum Gasteiger partial charge on any atom is 0.108 e. The molecule has 1 N–H and O–H groups in total. The van der Waals surface area contributed by atoms with Gasteiger partial charge in [-0.15, -0.1) is 0 Å². The van der Waals surface area contributed by atoms with E-state index in [1.54, 1.807) is 0 Å². The Morgan fingerprint density at radius 3 is 1.55 bits per heavy atom. The Hall–Kier alpha value is -0.200. The lowest BCUT2D eigenvalue weighted by atomic mass is 10.2. The Bertz CT molecular complexity index is 278. The third kappa shape index (κ3) is 3.92. The van der Waals surface area contributed by atoms with Crippen LogP contribution in [0.1, 0.15) is 19.3 Å². The van der Waals surface area contributed by atoms with Crippen molar-refractivity contribution in [2.24, 2.45) is 0 Å². The fraction of sp³-hybridized carbons (Fsp3) is 1.00. The molecular weight excluding hydrogens is 252 g/mol. The molecular formula is C15H30N4O. The van der Waals surface area contributed by atoms with Crippen LogP contribution in [0.4, 0.5) is 0 Å². The van der Waals surface area contributed by atoms with Crippen molar-refractivity contribution in [2.45, 2.75) is 25.5 Å². The number of hydrogen-bond donors (Lipinski definition) is 1. The number of nitrogens with zero attached hydrogens (tertiary/aromatic N) is 4. The van der Waals surface area contributed by atoms with E-state index in [2.05, 4.69) is 19.6 Å². The van der Waals surface area contributed by atoms with E-state index >= 15 is 0 Å². The fourth-order valence-electron chi connectivity index (χ4n) is 3.76. The second kappa shape index (κ2) is 7.18. The van der Waals surface area contributed by atoms with Crippen LogP contribution in [0.2, 0.25) is 0 Å². The smallest absolute Gasteiger partial charge is 0.108 e. The highest BCUT2D eigenvalue weighted by Crippen LogP contribution is 2.12. The number of rotatable bonds is 0. The molecule has 0 aromatic carbocycles.